The molecule has 128 valence electrons. The second kappa shape index (κ2) is 6.99. The van der Waals surface area contributed by atoms with Gasteiger partial charge in [0.25, 0.3) is 5.91 Å². The van der Waals surface area contributed by atoms with Crippen molar-refractivity contribution in [2.24, 2.45) is 0 Å². The van der Waals surface area contributed by atoms with Crippen LogP contribution in [-0.4, -0.2) is 27.0 Å². The van der Waals surface area contributed by atoms with Gasteiger partial charge in [0, 0.05) is 0 Å². The Kier molecular flexibility index (Phi) is 4.77. The van der Waals surface area contributed by atoms with Crippen LogP contribution in [0.5, 0.6) is 5.75 Å². The van der Waals surface area contributed by atoms with Crippen molar-refractivity contribution in [1.82, 2.24) is 5.32 Å². The Hall–Kier alpha value is -2.78. The Balaban J connectivity index is 1.83. The van der Waals surface area contributed by atoms with Gasteiger partial charge in [-0.15, -0.1) is 6.42 Å². The first-order valence-electron chi connectivity index (χ1n) is 7.85. The normalized spacial score (nSPS) is 16.2. The van der Waals surface area contributed by atoms with E-state index in [2.05, 4.69) is 5.32 Å². The van der Waals surface area contributed by atoms with Gasteiger partial charge in [-0.3, -0.25) is 4.79 Å². The SMILES string of the molecule is C#CC(=O)NCC1CCc2ccc(S(=O)(=O)c3ccccc3)cc2O1. The van der Waals surface area contributed by atoms with Crippen LogP contribution < -0.4 is 10.1 Å². The number of fused-ring (bicyclic) bond motifs is 1. The molecule has 0 fully saturated rings. The summed E-state index contributed by atoms with van der Waals surface area (Å²) >= 11 is 0. The maximum atomic E-state index is 12.7. The Bertz CT molecular complexity index is 930. The van der Waals surface area contributed by atoms with E-state index in [4.69, 9.17) is 11.2 Å². The first kappa shape index (κ1) is 17.1. The smallest absolute Gasteiger partial charge is 0.295 e. The summed E-state index contributed by atoms with van der Waals surface area (Å²) in [5.41, 5.74) is 0.950. The molecule has 1 unspecified atom stereocenters. The quantitative estimate of drug-likeness (QED) is 0.851. The molecule has 6 heteroatoms. The summed E-state index contributed by atoms with van der Waals surface area (Å²) in [5.74, 6) is 2.03. The average molecular weight is 355 g/mol. The standard InChI is InChI=1S/C19H17NO4S/c1-2-19(21)20-13-15-10-8-14-9-11-17(12-18(14)24-15)25(22,23)16-6-4-3-5-7-16/h1,3-7,9,11-12,15H,8,10,13H2,(H,20,21). The summed E-state index contributed by atoms with van der Waals surface area (Å²) < 4.78 is 31.3. The van der Waals surface area contributed by atoms with Crippen LogP contribution >= 0.6 is 0 Å². The fourth-order valence-corrected chi connectivity index (χ4v) is 4.01. The largest absolute Gasteiger partial charge is 0.488 e. The lowest BCUT2D eigenvalue weighted by Crippen LogP contribution is -2.36. The van der Waals surface area contributed by atoms with Gasteiger partial charge in [0.1, 0.15) is 11.9 Å². The second-order valence-electron chi connectivity index (χ2n) is 5.72. The van der Waals surface area contributed by atoms with Crippen molar-refractivity contribution in [3.63, 3.8) is 0 Å². The van der Waals surface area contributed by atoms with E-state index in [1.54, 1.807) is 48.5 Å². The number of rotatable bonds is 4. The van der Waals surface area contributed by atoms with Crippen molar-refractivity contribution in [2.75, 3.05) is 6.54 Å². The van der Waals surface area contributed by atoms with E-state index >= 15 is 0 Å². The van der Waals surface area contributed by atoms with Gasteiger partial charge in [-0.05, 0) is 48.6 Å². The number of amides is 1. The fourth-order valence-electron chi connectivity index (χ4n) is 2.71. The Labute approximate surface area is 146 Å². The lowest BCUT2D eigenvalue weighted by molar-refractivity contribution is -0.116. The molecule has 1 aliphatic rings. The number of hydrogen-bond acceptors (Lipinski definition) is 4. The van der Waals surface area contributed by atoms with E-state index in [9.17, 15) is 13.2 Å². The van der Waals surface area contributed by atoms with Gasteiger partial charge >= 0.3 is 0 Å². The summed E-state index contributed by atoms with van der Waals surface area (Å²) in [6.45, 7) is 0.290. The van der Waals surface area contributed by atoms with Gasteiger partial charge in [0.15, 0.2) is 0 Å². The van der Waals surface area contributed by atoms with Crippen LogP contribution in [-0.2, 0) is 21.1 Å². The number of aryl methyl sites for hydroxylation is 1. The number of hydrogen-bond donors (Lipinski definition) is 1. The van der Waals surface area contributed by atoms with Crippen molar-refractivity contribution in [2.45, 2.75) is 28.7 Å². The van der Waals surface area contributed by atoms with Crippen molar-refractivity contribution in [3.05, 3.63) is 54.1 Å². The molecule has 0 saturated heterocycles. The third-order valence-corrected chi connectivity index (χ3v) is 5.82. The molecule has 5 nitrogen and oxygen atoms in total. The highest BCUT2D eigenvalue weighted by molar-refractivity contribution is 7.91. The van der Waals surface area contributed by atoms with Gasteiger partial charge in [-0.25, -0.2) is 8.42 Å². The molecule has 0 aliphatic carbocycles. The molecule has 2 aromatic rings. The highest BCUT2D eigenvalue weighted by Crippen LogP contribution is 2.32. The molecule has 1 heterocycles. The van der Waals surface area contributed by atoms with Crippen LogP contribution in [0.25, 0.3) is 0 Å². The molecule has 1 N–H and O–H groups in total. The third-order valence-electron chi connectivity index (χ3n) is 4.05. The van der Waals surface area contributed by atoms with Crippen molar-refractivity contribution in [1.29, 1.82) is 0 Å². The molecule has 1 amide bonds. The zero-order valence-corrected chi connectivity index (χ0v) is 14.3. The topological polar surface area (TPSA) is 72.5 Å². The Morgan fingerprint density at radius 2 is 1.96 bits per heavy atom. The summed E-state index contributed by atoms with van der Waals surface area (Å²) in [6, 6.07) is 13.2. The van der Waals surface area contributed by atoms with Gasteiger partial charge in [-0.1, -0.05) is 24.3 Å². The molecule has 25 heavy (non-hydrogen) atoms. The Morgan fingerprint density at radius 3 is 2.68 bits per heavy atom. The molecule has 0 aromatic heterocycles. The first-order chi connectivity index (χ1) is 12.0. The summed E-state index contributed by atoms with van der Waals surface area (Å²) in [4.78, 5) is 11.6. The van der Waals surface area contributed by atoms with Crippen LogP contribution in [0.3, 0.4) is 0 Å². The zero-order chi connectivity index (χ0) is 17.9. The molecular formula is C19H17NO4S. The number of nitrogens with one attached hydrogen (secondary N) is 1. The predicted octanol–water partition coefficient (Wildman–Crippen LogP) is 1.96. The highest BCUT2D eigenvalue weighted by Gasteiger charge is 2.24. The number of carbonyl (C=O) groups is 1. The zero-order valence-electron chi connectivity index (χ0n) is 13.4. The highest BCUT2D eigenvalue weighted by atomic mass is 32.2. The number of benzene rings is 2. The minimum absolute atomic E-state index is 0.186. The van der Waals surface area contributed by atoms with Gasteiger partial charge in [0.05, 0.1) is 16.3 Å². The molecule has 1 aliphatic heterocycles. The average Bonchev–Trinajstić information content (AvgIpc) is 2.66. The van der Waals surface area contributed by atoms with Crippen LogP contribution in [0.15, 0.2) is 58.3 Å². The molecule has 0 saturated carbocycles. The second-order valence-corrected chi connectivity index (χ2v) is 7.67. The lowest BCUT2D eigenvalue weighted by Gasteiger charge is -2.26. The van der Waals surface area contributed by atoms with Gasteiger partial charge < -0.3 is 10.1 Å². The minimum atomic E-state index is -3.60. The molecule has 2 aromatic carbocycles. The van der Waals surface area contributed by atoms with Crippen LogP contribution in [0.4, 0.5) is 0 Å². The minimum Gasteiger partial charge on any atom is -0.488 e. The monoisotopic (exact) mass is 355 g/mol. The Morgan fingerprint density at radius 1 is 1.20 bits per heavy atom. The number of sulfone groups is 1. The number of carbonyl (C=O) groups excluding carboxylic acids is 1. The number of terminal acetylenes is 1. The fraction of sp³-hybridized carbons (Fsp3) is 0.211. The van der Waals surface area contributed by atoms with Crippen molar-refractivity contribution >= 4 is 15.7 Å². The van der Waals surface area contributed by atoms with Gasteiger partial charge in [-0.2, -0.15) is 0 Å². The molecule has 1 atom stereocenters. The molecule has 0 radical (unpaired) electrons. The maximum absolute atomic E-state index is 12.7. The first-order valence-corrected chi connectivity index (χ1v) is 9.33. The van der Waals surface area contributed by atoms with E-state index in [0.29, 0.717) is 5.75 Å². The molecular weight excluding hydrogens is 338 g/mol. The summed E-state index contributed by atoms with van der Waals surface area (Å²) in [7, 11) is -3.60. The molecule has 0 spiro atoms. The van der Waals surface area contributed by atoms with E-state index in [1.807, 2.05) is 5.92 Å². The van der Waals surface area contributed by atoms with Crippen molar-refractivity contribution in [3.8, 4) is 18.1 Å². The maximum Gasteiger partial charge on any atom is 0.295 e. The lowest BCUT2D eigenvalue weighted by atomic mass is 10.0. The number of ether oxygens (including phenoxy) is 1. The predicted molar refractivity (Wildman–Crippen MR) is 92.9 cm³/mol. The van der Waals surface area contributed by atoms with Crippen molar-refractivity contribution < 1.29 is 17.9 Å². The molecule has 3 rings (SSSR count). The van der Waals surface area contributed by atoms with Crippen LogP contribution in [0, 0.1) is 12.3 Å². The van der Waals surface area contributed by atoms with E-state index in [-0.39, 0.29) is 22.4 Å². The van der Waals surface area contributed by atoms with E-state index < -0.39 is 15.7 Å². The van der Waals surface area contributed by atoms with E-state index in [1.165, 1.54) is 0 Å². The third kappa shape index (κ3) is 3.67. The van der Waals surface area contributed by atoms with Gasteiger partial charge in [0.2, 0.25) is 9.84 Å². The summed E-state index contributed by atoms with van der Waals surface area (Å²) in [6.07, 6.45) is 6.25. The van der Waals surface area contributed by atoms with Crippen LogP contribution in [0.2, 0.25) is 0 Å². The summed E-state index contributed by atoms with van der Waals surface area (Å²) in [5, 5.41) is 2.59. The van der Waals surface area contributed by atoms with Crippen LogP contribution in [0.1, 0.15) is 12.0 Å². The van der Waals surface area contributed by atoms with E-state index in [0.717, 1.165) is 18.4 Å². The molecule has 0 bridgehead atoms.